The molecule has 110 valence electrons. The van der Waals surface area contributed by atoms with Crippen LogP contribution in [0.1, 0.15) is 0 Å². The fourth-order valence-corrected chi connectivity index (χ4v) is 2.48. The van der Waals surface area contributed by atoms with Crippen LogP contribution >= 0.6 is 23.2 Å². The molecular weight excluding hydrogens is 325 g/mol. The van der Waals surface area contributed by atoms with Crippen molar-refractivity contribution in [2.75, 3.05) is 11.1 Å². The molecule has 0 unspecified atom stereocenters. The van der Waals surface area contributed by atoms with E-state index in [0.717, 1.165) is 0 Å². The number of anilines is 3. The quantitative estimate of drug-likeness (QED) is 0.786. The molecule has 0 saturated carbocycles. The molecule has 0 bridgehead atoms. The highest BCUT2D eigenvalue weighted by molar-refractivity contribution is 6.39. The van der Waals surface area contributed by atoms with Crippen LogP contribution in [-0.2, 0) is 0 Å². The van der Waals surface area contributed by atoms with Crippen LogP contribution in [0.5, 0.6) is 11.5 Å². The van der Waals surface area contributed by atoms with Gasteiger partial charge < -0.3 is 20.5 Å². The standard InChI is InChI=1S/C13H8Cl2F2N2O2/c14-8-3-6(18)4-9(15)12(8)19-7-1-2-10-11(5-7)21-13(16,17)20-10/h1-5,19H,18H2. The Morgan fingerprint density at radius 3 is 2.29 bits per heavy atom. The first kappa shape index (κ1) is 14.0. The Labute approximate surface area is 128 Å². The van der Waals surface area contributed by atoms with Gasteiger partial charge in [0, 0.05) is 17.4 Å². The number of rotatable bonds is 2. The molecule has 1 aliphatic heterocycles. The Kier molecular flexibility index (Phi) is 3.22. The van der Waals surface area contributed by atoms with Crippen LogP contribution in [-0.4, -0.2) is 6.29 Å². The van der Waals surface area contributed by atoms with Gasteiger partial charge >= 0.3 is 6.29 Å². The maximum absolute atomic E-state index is 12.9. The Balaban J connectivity index is 1.91. The largest absolute Gasteiger partial charge is 0.586 e. The zero-order valence-electron chi connectivity index (χ0n) is 10.3. The van der Waals surface area contributed by atoms with Crippen LogP contribution in [0.25, 0.3) is 0 Å². The summed E-state index contributed by atoms with van der Waals surface area (Å²) in [5.74, 6) is -0.118. The molecule has 0 amide bonds. The Morgan fingerprint density at radius 2 is 1.62 bits per heavy atom. The summed E-state index contributed by atoms with van der Waals surface area (Å²) in [5.41, 5.74) is 6.90. The summed E-state index contributed by atoms with van der Waals surface area (Å²) in [6.07, 6.45) is -3.66. The van der Waals surface area contributed by atoms with E-state index >= 15 is 0 Å². The molecule has 3 N–H and O–H groups in total. The number of ether oxygens (including phenoxy) is 2. The molecule has 2 aromatic rings. The third kappa shape index (κ3) is 2.77. The van der Waals surface area contributed by atoms with Gasteiger partial charge in [-0.05, 0) is 24.3 Å². The van der Waals surface area contributed by atoms with Gasteiger partial charge in [0.2, 0.25) is 0 Å². The first-order valence-corrected chi connectivity index (χ1v) is 6.51. The van der Waals surface area contributed by atoms with Crippen LogP contribution in [0.3, 0.4) is 0 Å². The van der Waals surface area contributed by atoms with Crippen molar-refractivity contribution in [2.24, 2.45) is 0 Å². The molecule has 0 spiro atoms. The van der Waals surface area contributed by atoms with E-state index in [9.17, 15) is 8.78 Å². The van der Waals surface area contributed by atoms with Crippen molar-refractivity contribution in [3.05, 3.63) is 40.4 Å². The SMILES string of the molecule is Nc1cc(Cl)c(Nc2ccc3c(c2)OC(F)(F)O3)c(Cl)c1. The minimum atomic E-state index is -3.66. The minimum Gasteiger partial charge on any atom is -0.399 e. The summed E-state index contributed by atoms with van der Waals surface area (Å²) in [7, 11) is 0. The monoisotopic (exact) mass is 332 g/mol. The van der Waals surface area contributed by atoms with Crippen molar-refractivity contribution < 1.29 is 18.3 Å². The molecule has 0 fully saturated rings. The van der Waals surface area contributed by atoms with Crippen molar-refractivity contribution >= 4 is 40.3 Å². The summed E-state index contributed by atoms with van der Waals surface area (Å²) in [4.78, 5) is 0. The normalized spacial score (nSPS) is 15.0. The van der Waals surface area contributed by atoms with Crippen LogP contribution in [0.4, 0.5) is 25.8 Å². The van der Waals surface area contributed by atoms with Gasteiger partial charge in [0.05, 0.1) is 15.7 Å². The number of hydrogen-bond acceptors (Lipinski definition) is 4. The van der Waals surface area contributed by atoms with Crippen LogP contribution in [0.2, 0.25) is 10.0 Å². The highest BCUT2D eigenvalue weighted by atomic mass is 35.5. The second kappa shape index (κ2) is 4.82. The maximum Gasteiger partial charge on any atom is 0.586 e. The van der Waals surface area contributed by atoms with Crippen molar-refractivity contribution in [1.82, 2.24) is 0 Å². The first-order valence-electron chi connectivity index (χ1n) is 5.75. The third-order valence-corrected chi connectivity index (χ3v) is 3.33. The average Bonchev–Trinajstić information content (AvgIpc) is 2.66. The maximum atomic E-state index is 12.9. The Bertz CT molecular complexity index is 702. The molecule has 0 aromatic heterocycles. The van der Waals surface area contributed by atoms with Gasteiger partial charge in [-0.15, -0.1) is 8.78 Å². The molecule has 1 heterocycles. The number of nitrogen functional groups attached to an aromatic ring is 1. The van der Waals surface area contributed by atoms with E-state index in [4.69, 9.17) is 28.9 Å². The van der Waals surface area contributed by atoms with E-state index in [0.29, 0.717) is 27.1 Å². The molecule has 8 heteroatoms. The highest BCUT2D eigenvalue weighted by Crippen LogP contribution is 2.43. The number of fused-ring (bicyclic) bond motifs is 1. The Morgan fingerprint density at radius 1 is 1.00 bits per heavy atom. The molecule has 21 heavy (non-hydrogen) atoms. The van der Waals surface area contributed by atoms with Gasteiger partial charge in [0.15, 0.2) is 11.5 Å². The van der Waals surface area contributed by atoms with E-state index < -0.39 is 6.29 Å². The lowest BCUT2D eigenvalue weighted by molar-refractivity contribution is -0.286. The van der Waals surface area contributed by atoms with Crippen molar-refractivity contribution in [1.29, 1.82) is 0 Å². The number of benzene rings is 2. The number of alkyl halides is 2. The number of hydrogen-bond donors (Lipinski definition) is 2. The van der Waals surface area contributed by atoms with Crippen molar-refractivity contribution in [2.45, 2.75) is 6.29 Å². The lowest BCUT2D eigenvalue weighted by atomic mass is 10.2. The summed E-state index contributed by atoms with van der Waals surface area (Å²) in [5, 5.41) is 3.54. The fourth-order valence-electron chi connectivity index (χ4n) is 1.88. The molecule has 2 aromatic carbocycles. The molecule has 0 aliphatic carbocycles. The molecule has 1 aliphatic rings. The van der Waals surface area contributed by atoms with Gasteiger partial charge in [0.25, 0.3) is 0 Å². The number of nitrogens with two attached hydrogens (primary N) is 1. The smallest absolute Gasteiger partial charge is 0.399 e. The first-order chi connectivity index (χ1) is 9.84. The van der Waals surface area contributed by atoms with Gasteiger partial charge in [-0.3, -0.25) is 0 Å². The van der Waals surface area contributed by atoms with Crippen LogP contribution in [0, 0.1) is 0 Å². The lowest BCUT2D eigenvalue weighted by Crippen LogP contribution is -2.25. The van der Waals surface area contributed by atoms with Gasteiger partial charge in [-0.1, -0.05) is 23.2 Å². The van der Waals surface area contributed by atoms with Crippen molar-refractivity contribution in [3.8, 4) is 11.5 Å². The number of nitrogens with one attached hydrogen (secondary N) is 1. The molecule has 4 nitrogen and oxygen atoms in total. The summed E-state index contributed by atoms with van der Waals surface area (Å²) >= 11 is 12.1. The molecule has 0 atom stereocenters. The van der Waals surface area contributed by atoms with E-state index in [-0.39, 0.29) is 11.5 Å². The zero-order chi connectivity index (χ0) is 15.2. The Hall–Kier alpha value is -1.92. The predicted molar refractivity (Wildman–Crippen MR) is 76.8 cm³/mol. The number of halogens is 4. The lowest BCUT2D eigenvalue weighted by Gasteiger charge is -2.11. The molecular formula is C13H8Cl2F2N2O2. The third-order valence-electron chi connectivity index (χ3n) is 2.74. The predicted octanol–water partition coefficient (Wildman–Crippen LogP) is 4.64. The van der Waals surface area contributed by atoms with Crippen LogP contribution < -0.4 is 20.5 Å². The molecule has 0 saturated heterocycles. The van der Waals surface area contributed by atoms with E-state index in [1.165, 1.54) is 30.3 Å². The highest BCUT2D eigenvalue weighted by Gasteiger charge is 2.43. The topological polar surface area (TPSA) is 56.5 Å². The molecule has 0 radical (unpaired) electrons. The van der Waals surface area contributed by atoms with E-state index in [2.05, 4.69) is 14.8 Å². The summed E-state index contributed by atoms with van der Waals surface area (Å²) in [6, 6.07) is 7.30. The summed E-state index contributed by atoms with van der Waals surface area (Å²) < 4.78 is 34.6. The zero-order valence-corrected chi connectivity index (χ0v) is 11.8. The second-order valence-corrected chi connectivity index (χ2v) is 5.13. The average molecular weight is 333 g/mol. The second-order valence-electron chi connectivity index (χ2n) is 4.31. The van der Waals surface area contributed by atoms with Gasteiger partial charge in [0.1, 0.15) is 0 Å². The van der Waals surface area contributed by atoms with Gasteiger partial charge in [-0.25, -0.2) is 0 Å². The fraction of sp³-hybridized carbons (Fsp3) is 0.0769. The molecule has 3 rings (SSSR count). The van der Waals surface area contributed by atoms with Gasteiger partial charge in [-0.2, -0.15) is 0 Å². The van der Waals surface area contributed by atoms with Crippen molar-refractivity contribution in [3.63, 3.8) is 0 Å². The van der Waals surface area contributed by atoms with E-state index in [1.54, 1.807) is 0 Å². The minimum absolute atomic E-state index is 0.0416. The van der Waals surface area contributed by atoms with E-state index in [1.807, 2.05) is 0 Å². The van der Waals surface area contributed by atoms with Crippen LogP contribution in [0.15, 0.2) is 30.3 Å². The summed E-state index contributed by atoms with van der Waals surface area (Å²) in [6.45, 7) is 0.